The number of nitrogens with two attached hydrogens (primary N) is 1. The predicted molar refractivity (Wildman–Crippen MR) is 475 cm³/mol. The molecule has 0 amide bonds. The van der Waals surface area contributed by atoms with E-state index in [0.29, 0.717) is 29.0 Å². The van der Waals surface area contributed by atoms with Crippen LogP contribution in [0.1, 0.15) is 7.43 Å². The molecule has 516 valence electrons. The standard InChI is InChI=1S/C36H24N2Se.C24H18N2.C18H12IN.C12H7BrSe.C6H7N.CH4/c1-3-11-25(12-4-1)37(28-20-22-36-32(24-28)30-16-8-10-18-35(30)39-36)27-19-21-34-31(23-27)29-15-7-9-17-33(29)38(34)26-13-5-2-6-14-26;1-3-9-18(10-4-1)25-19-15-16-24-22(17-19)21-13-7-8-14-23(21)26(24)20-11-5-2-6-12-20;19-13-10-11-18-16(12-13)15-8-4-5-9-17(15)20(18)14-6-2-1-3-7-14;13-8-5-6-12-10(7-8)9-3-1-2-4-11(9)14-12;7-6-4-2-1-3-5-6;/h1-24H;1-17,25H;1-12H;1-7H;1-5H,7H2;1H4. The molecule has 0 bridgehead atoms. The van der Waals surface area contributed by atoms with E-state index in [4.69, 9.17) is 5.73 Å². The zero-order chi connectivity index (χ0) is 71.3. The van der Waals surface area contributed by atoms with Crippen LogP contribution in [0.15, 0.2) is 399 Å². The van der Waals surface area contributed by atoms with Crippen molar-refractivity contribution in [3.05, 3.63) is 402 Å². The molecule has 21 aromatic rings. The van der Waals surface area contributed by atoms with Gasteiger partial charge in [0.1, 0.15) is 0 Å². The van der Waals surface area contributed by atoms with E-state index >= 15 is 0 Å². The van der Waals surface area contributed by atoms with Crippen LogP contribution in [0.3, 0.4) is 0 Å². The molecule has 0 aliphatic heterocycles. The average Bonchev–Trinajstić information content (AvgIpc) is 1.62. The molecule has 5 aromatic heterocycles. The second-order valence-corrected chi connectivity index (χ2v) is 32.5. The molecular weight excluding hydrogens is 1610 g/mol. The summed E-state index contributed by atoms with van der Waals surface area (Å²) in [6, 6.07) is 139. The molecule has 21 rings (SSSR count). The van der Waals surface area contributed by atoms with Crippen LogP contribution in [0.5, 0.6) is 0 Å². The number of fused-ring (bicyclic) bond motifs is 15. The van der Waals surface area contributed by atoms with Gasteiger partial charge in [0.05, 0.1) is 22.1 Å². The van der Waals surface area contributed by atoms with Gasteiger partial charge in [0.15, 0.2) is 0 Å². The molecule has 107 heavy (non-hydrogen) atoms. The number of nitrogens with zero attached hydrogens (tertiary/aromatic N) is 4. The van der Waals surface area contributed by atoms with E-state index in [1.54, 1.807) is 0 Å². The van der Waals surface area contributed by atoms with Crippen molar-refractivity contribution in [1.82, 2.24) is 13.7 Å². The zero-order valence-corrected chi connectivity index (χ0v) is 64.6. The predicted octanol–water partition coefficient (Wildman–Crippen LogP) is 27.2. The van der Waals surface area contributed by atoms with Crippen LogP contribution < -0.4 is 16.0 Å². The van der Waals surface area contributed by atoms with E-state index in [1.165, 1.54) is 135 Å². The molecule has 0 aliphatic rings. The van der Waals surface area contributed by atoms with Gasteiger partial charge >= 0.3 is 312 Å². The molecule has 3 N–H and O–H groups in total. The van der Waals surface area contributed by atoms with Gasteiger partial charge in [-0.25, -0.2) is 0 Å². The second-order valence-electron chi connectivity index (χ2n) is 25.7. The van der Waals surface area contributed by atoms with Gasteiger partial charge in [0.2, 0.25) is 0 Å². The monoisotopic (exact) mass is 1690 g/mol. The van der Waals surface area contributed by atoms with Gasteiger partial charge in [0.25, 0.3) is 0 Å². The Bertz CT molecular complexity index is 6650. The second kappa shape index (κ2) is 31.7. The third-order valence-corrected chi connectivity index (χ3v) is 25.1. The maximum atomic E-state index is 5.36. The summed E-state index contributed by atoms with van der Waals surface area (Å²) in [5.74, 6) is 0. The van der Waals surface area contributed by atoms with Gasteiger partial charge in [-0.3, -0.25) is 0 Å². The maximum absolute atomic E-state index is 5.36. The van der Waals surface area contributed by atoms with Gasteiger partial charge in [-0.1, -0.05) is 135 Å². The first-order valence-electron chi connectivity index (χ1n) is 35.2. The molecule has 6 nitrogen and oxygen atoms in total. The van der Waals surface area contributed by atoms with Gasteiger partial charge in [0, 0.05) is 53.6 Å². The number of anilines is 6. The number of para-hydroxylation sites is 9. The molecule has 0 saturated heterocycles. The molecule has 0 fully saturated rings. The molecule has 0 aliphatic carbocycles. The zero-order valence-electron chi connectivity index (χ0n) is 57.5. The van der Waals surface area contributed by atoms with E-state index < -0.39 is 0 Å². The minimum atomic E-state index is 0. The summed E-state index contributed by atoms with van der Waals surface area (Å²) in [6.45, 7) is 0. The largest absolute Gasteiger partial charge is 0.356 e. The average molecular weight is 1690 g/mol. The van der Waals surface area contributed by atoms with Crippen LogP contribution >= 0.6 is 38.5 Å². The first-order chi connectivity index (χ1) is 52.3. The number of hydrogen-bond acceptors (Lipinski definition) is 3. The van der Waals surface area contributed by atoms with E-state index in [2.05, 4.69) is 408 Å². The minimum absolute atomic E-state index is 0. The third kappa shape index (κ3) is 14.5. The SMILES string of the molecule is Brc1ccc2[se]c3ccccc3c2c1.C.Ic1ccc2c(c1)c1ccccc1n2-c1ccccc1.Nc1ccccc1.c1ccc(N(c2ccc3[se]c4ccccc4c3c2)c2ccc3c(c2)c2ccccc2n3-c2ccccc2)cc1.c1ccc(Nc2ccc3c(c2)c2ccccc2n3-c2ccccc2)cc1. The van der Waals surface area contributed by atoms with Crippen molar-refractivity contribution in [2.24, 2.45) is 0 Å². The minimum Gasteiger partial charge on any atom is -0.356 e. The molecule has 0 radical (unpaired) electrons. The number of benzene rings is 16. The smallest absolute Gasteiger partial charge is 0.0542 e. The molecule has 16 aromatic carbocycles. The summed E-state index contributed by atoms with van der Waals surface area (Å²) in [5, 5.41) is 16.7. The molecule has 5 heterocycles. The number of halogens is 2. The number of nitrogen functional groups attached to an aromatic ring is 1. The third-order valence-electron chi connectivity index (χ3n) is 19.1. The quantitative estimate of drug-likeness (QED) is 0.0906. The summed E-state index contributed by atoms with van der Waals surface area (Å²) >= 11 is 6.77. The summed E-state index contributed by atoms with van der Waals surface area (Å²) in [7, 11) is 0. The Kier molecular flexibility index (Phi) is 20.7. The fourth-order valence-corrected chi connectivity index (χ4v) is 19.8. The Morgan fingerprint density at radius 3 is 1.10 bits per heavy atom. The topological polar surface area (TPSA) is 56.1 Å². The van der Waals surface area contributed by atoms with Gasteiger partial charge in [-0.05, 0) is 120 Å². The normalized spacial score (nSPS) is 11.0. The maximum Gasteiger partial charge on any atom is 0.0542 e. The van der Waals surface area contributed by atoms with Crippen molar-refractivity contribution >= 4 is 206 Å². The number of hydrogen-bond donors (Lipinski definition) is 2. The van der Waals surface area contributed by atoms with Crippen LogP contribution in [0.4, 0.5) is 34.1 Å². The summed E-state index contributed by atoms with van der Waals surface area (Å²) in [6.07, 6.45) is 0. The summed E-state index contributed by atoms with van der Waals surface area (Å²) in [4.78, 5) is 2.39. The Hall–Kier alpha value is -11.4. The Balaban J connectivity index is 0.000000111. The van der Waals surface area contributed by atoms with Crippen LogP contribution in [0.25, 0.3) is 121 Å². The van der Waals surface area contributed by atoms with Crippen LogP contribution in [-0.4, -0.2) is 42.7 Å². The number of rotatable bonds is 8. The van der Waals surface area contributed by atoms with E-state index in [9.17, 15) is 0 Å². The van der Waals surface area contributed by atoms with Crippen LogP contribution in [0.2, 0.25) is 0 Å². The van der Waals surface area contributed by atoms with Crippen molar-refractivity contribution in [1.29, 1.82) is 0 Å². The van der Waals surface area contributed by atoms with Crippen molar-refractivity contribution in [2.45, 2.75) is 7.43 Å². The van der Waals surface area contributed by atoms with Crippen molar-refractivity contribution in [2.75, 3.05) is 16.0 Å². The van der Waals surface area contributed by atoms with Crippen molar-refractivity contribution in [3.8, 4) is 17.1 Å². The van der Waals surface area contributed by atoms with E-state index in [0.717, 1.165) is 28.4 Å². The van der Waals surface area contributed by atoms with Crippen LogP contribution in [-0.2, 0) is 0 Å². The summed E-state index contributed by atoms with van der Waals surface area (Å²) < 4.78 is 15.4. The van der Waals surface area contributed by atoms with Gasteiger partial charge in [-0.2, -0.15) is 0 Å². The van der Waals surface area contributed by atoms with Crippen molar-refractivity contribution in [3.63, 3.8) is 0 Å². The number of aromatic nitrogens is 3. The molecular formula is C97H72BrIN6Se2. The molecule has 0 spiro atoms. The van der Waals surface area contributed by atoms with Crippen molar-refractivity contribution < 1.29 is 0 Å². The fraction of sp³-hybridized carbons (Fsp3) is 0.0103. The Labute approximate surface area is 656 Å². The van der Waals surface area contributed by atoms with Gasteiger partial charge < -0.3 is 20.2 Å². The molecule has 10 heteroatoms. The summed E-state index contributed by atoms with van der Waals surface area (Å²) in [5.41, 5.74) is 22.8. The molecule has 0 unspecified atom stereocenters. The number of nitrogens with one attached hydrogen (secondary N) is 1. The fourth-order valence-electron chi connectivity index (χ4n) is 14.4. The van der Waals surface area contributed by atoms with Crippen LogP contribution in [0, 0.1) is 3.57 Å². The molecule has 0 atom stereocenters. The van der Waals surface area contributed by atoms with E-state index in [1.807, 2.05) is 48.5 Å². The Morgan fingerprint density at radius 1 is 0.271 bits per heavy atom. The molecule has 0 saturated carbocycles. The first-order valence-corrected chi connectivity index (χ1v) is 40.5. The first kappa shape index (κ1) is 69.9. The van der Waals surface area contributed by atoms with Gasteiger partial charge in [-0.15, -0.1) is 0 Å². The Morgan fingerprint density at radius 2 is 0.617 bits per heavy atom. The van der Waals surface area contributed by atoms with E-state index in [-0.39, 0.29) is 7.43 Å².